The Labute approximate surface area is 222 Å². The first-order chi connectivity index (χ1) is 17.9. The Morgan fingerprint density at radius 3 is 2.81 bits per heavy atom. The quantitative estimate of drug-likeness (QED) is 0.450. The maximum Gasteiger partial charge on any atom is 0.229 e. The van der Waals surface area contributed by atoms with E-state index in [0.29, 0.717) is 41.0 Å². The number of nitrogens with two attached hydrogens (primary N) is 1. The van der Waals surface area contributed by atoms with Gasteiger partial charge in [-0.2, -0.15) is 4.98 Å². The molecule has 200 valence electrons. The molecule has 4 N–H and O–H groups in total. The molecule has 1 aromatic heterocycles. The number of hydrogen-bond donors (Lipinski definition) is 3. The van der Waals surface area contributed by atoms with E-state index in [4.69, 9.17) is 26.8 Å². The Morgan fingerprint density at radius 1 is 1.24 bits per heavy atom. The molecule has 2 aliphatic carbocycles. The lowest BCUT2D eigenvalue weighted by molar-refractivity contribution is -0.123. The normalized spacial score (nSPS) is 25.0. The van der Waals surface area contributed by atoms with Crippen molar-refractivity contribution in [3.8, 4) is 5.75 Å². The van der Waals surface area contributed by atoms with Crippen LogP contribution in [0.4, 0.5) is 23.1 Å². The summed E-state index contributed by atoms with van der Waals surface area (Å²) in [5, 5.41) is 7.16. The maximum absolute atomic E-state index is 12.2. The van der Waals surface area contributed by atoms with E-state index in [1.54, 1.807) is 20.4 Å². The standard InChI is InChI=1S/C26H36ClN7O3/c1-33-6-7-34(8-9-36-2)14-17-11-21(37-3)19(12-20(17)33)30-26-29-13-18(27)25(32-26)31-23-16-5-4-15(10-16)22(23)24(28)35/h11-13,15-16,22-23H,4-10,14H2,1-3H3,(H2,28,35)(H2,29,30,31,32)/t15-,16+,22+,23-/m0/s1. The van der Waals surface area contributed by atoms with Crippen LogP contribution in [0.1, 0.15) is 24.8 Å². The van der Waals surface area contributed by atoms with Crippen molar-refractivity contribution in [3.63, 3.8) is 0 Å². The second kappa shape index (κ2) is 10.9. The Kier molecular flexibility index (Phi) is 7.60. The SMILES string of the molecule is COCCN1CCN(C)c2cc(Nc3ncc(Cl)c(N[C@H]4[C@@H]5CC[C@@H](C5)[C@H]4C(N)=O)n3)c(OC)cc2C1. The van der Waals surface area contributed by atoms with Gasteiger partial charge in [-0.3, -0.25) is 9.69 Å². The summed E-state index contributed by atoms with van der Waals surface area (Å²) in [5.74, 6) is 1.87. The van der Waals surface area contributed by atoms with Crippen LogP contribution in [0.15, 0.2) is 18.3 Å². The van der Waals surface area contributed by atoms with Crippen LogP contribution in [-0.2, 0) is 16.1 Å². The van der Waals surface area contributed by atoms with Gasteiger partial charge < -0.3 is 30.7 Å². The third-order valence-corrected chi connectivity index (χ3v) is 8.38. The van der Waals surface area contributed by atoms with Gasteiger partial charge in [-0.15, -0.1) is 0 Å². The molecule has 2 saturated carbocycles. The van der Waals surface area contributed by atoms with Gasteiger partial charge in [0.1, 0.15) is 10.8 Å². The molecule has 1 aliphatic heterocycles. The molecular weight excluding hydrogens is 494 g/mol. The molecule has 0 radical (unpaired) electrons. The number of fused-ring (bicyclic) bond motifs is 3. The molecule has 3 aliphatic rings. The number of amides is 1. The van der Waals surface area contributed by atoms with Crippen LogP contribution in [0, 0.1) is 17.8 Å². The minimum Gasteiger partial charge on any atom is -0.495 e. The van der Waals surface area contributed by atoms with E-state index in [2.05, 4.69) is 49.6 Å². The first-order valence-electron chi connectivity index (χ1n) is 12.9. The molecule has 2 fully saturated rings. The van der Waals surface area contributed by atoms with Crippen LogP contribution >= 0.6 is 11.6 Å². The van der Waals surface area contributed by atoms with E-state index in [-0.39, 0.29) is 17.9 Å². The molecule has 1 aromatic carbocycles. The molecule has 10 nitrogen and oxygen atoms in total. The van der Waals surface area contributed by atoms with Crippen molar-refractivity contribution in [1.29, 1.82) is 0 Å². The Balaban J connectivity index is 1.38. The molecule has 2 aromatic rings. The molecule has 2 heterocycles. The van der Waals surface area contributed by atoms with Gasteiger partial charge in [0, 0.05) is 52.1 Å². The molecule has 2 bridgehead atoms. The molecule has 11 heteroatoms. The molecule has 1 amide bonds. The Bertz CT molecular complexity index is 1150. The fourth-order valence-corrected chi connectivity index (χ4v) is 6.36. The van der Waals surface area contributed by atoms with Crippen molar-refractivity contribution in [2.45, 2.75) is 31.8 Å². The van der Waals surface area contributed by atoms with E-state index in [1.807, 2.05) is 0 Å². The minimum atomic E-state index is -0.257. The van der Waals surface area contributed by atoms with Gasteiger partial charge in [0.05, 0.1) is 31.5 Å². The largest absolute Gasteiger partial charge is 0.495 e. The van der Waals surface area contributed by atoms with Crippen LogP contribution in [0.5, 0.6) is 5.75 Å². The number of likely N-dealkylation sites (N-methyl/N-ethyl adjacent to an activating group) is 1. The third-order valence-electron chi connectivity index (χ3n) is 8.11. The van der Waals surface area contributed by atoms with Gasteiger partial charge >= 0.3 is 0 Å². The van der Waals surface area contributed by atoms with Crippen LogP contribution in [-0.4, -0.2) is 74.3 Å². The zero-order chi connectivity index (χ0) is 26.1. The van der Waals surface area contributed by atoms with E-state index in [0.717, 1.165) is 56.8 Å². The number of ether oxygens (including phenoxy) is 2. The summed E-state index contributed by atoms with van der Waals surface area (Å²) >= 11 is 6.47. The number of carbonyl (C=O) groups excluding carboxylic acids is 1. The number of nitrogens with zero attached hydrogens (tertiary/aromatic N) is 4. The van der Waals surface area contributed by atoms with Gasteiger partial charge in [0.2, 0.25) is 11.9 Å². The maximum atomic E-state index is 12.2. The average molecular weight is 530 g/mol. The summed E-state index contributed by atoms with van der Waals surface area (Å²) in [4.78, 5) is 25.9. The van der Waals surface area contributed by atoms with Crippen molar-refractivity contribution in [2.75, 3.05) is 63.0 Å². The predicted molar refractivity (Wildman–Crippen MR) is 145 cm³/mol. The zero-order valence-corrected chi connectivity index (χ0v) is 22.4. The minimum absolute atomic E-state index is 0.0618. The number of carbonyl (C=O) groups is 1. The van der Waals surface area contributed by atoms with Crippen LogP contribution in [0.25, 0.3) is 0 Å². The number of methoxy groups -OCH3 is 2. The summed E-state index contributed by atoms with van der Waals surface area (Å²) in [6, 6.07) is 4.09. The van der Waals surface area contributed by atoms with Crippen molar-refractivity contribution >= 4 is 40.6 Å². The first-order valence-corrected chi connectivity index (χ1v) is 13.2. The highest BCUT2D eigenvalue weighted by Gasteiger charge is 2.50. The number of halogens is 1. The van der Waals surface area contributed by atoms with E-state index in [1.165, 1.54) is 5.56 Å². The van der Waals surface area contributed by atoms with Crippen LogP contribution in [0.2, 0.25) is 5.02 Å². The van der Waals surface area contributed by atoms with Crippen molar-refractivity contribution in [1.82, 2.24) is 14.9 Å². The van der Waals surface area contributed by atoms with Crippen LogP contribution < -0.4 is 26.0 Å². The average Bonchev–Trinajstić information content (AvgIpc) is 3.45. The fraction of sp³-hybridized carbons (Fsp3) is 0.577. The summed E-state index contributed by atoms with van der Waals surface area (Å²) in [5.41, 5.74) is 8.84. The lowest BCUT2D eigenvalue weighted by Gasteiger charge is -2.30. The van der Waals surface area contributed by atoms with Gasteiger partial charge in [-0.05, 0) is 48.8 Å². The summed E-state index contributed by atoms with van der Waals surface area (Å²) in [6.45, 7) is 4.24. The lowest BCUT2D eigenvalue weighted by Crippen LogP contribution is -2.42. The van der Waals surface area contributed by atoms with Crippen molar-refractivity contribution in [3.05, 3.63) is 28.9 Å². The van der Waals surface area contributed by atoms with E-state index >= 15 is 0 Å². The topological polar surface area (TPSA) is 118 Å². The second-order valence-corrected chi connectivity index (χ2v) is 10.7. The van der Waals surface area contributed by atoms with Crippen molar-refractivity contribution < 1.29 is 14.3 Å². The van der Waals surface area contributed by atoms with Gasteiger partial charge in [0.15, 0.2) is 5.82 Å². The van der Waals surface area contributed by atoms with E-state index in [9.17, 15) is 4.79 Å². The van der Waals surface area contributed by atoms with Crippen LogP contribution in [0.3, 0.4) is 0 Å². The fourth-order valence-electron chi connectivity index (χ4n) is 6.22. The van der Waals surface area contributed by atoms with Crippen molar-refractivity contribution in [2.24, 2.45) is 23.5 Å². The number of benzene rings is 1. The monoisotopic (exact) mass is 529 g/mol. The molecule has 0 spiro atoms. The highest BCUT2D eigenvalue weighted by Crippen LogP contribution is 2.49. The van der Waals surface area contributed by atoms with E-state index < -0.39 is 0 Å². The molecule has 37 heavy (non-hydrogen) atoms. The number of primary amides is 1. The van der Waals surface area contributed by atoms with Gasteiger partial charge in [-0.25, -0.2) is 4.98 Å². The number of nitrogens with one attached hydrogen (secondary N) is 2. The lowest BCUT2D eigenvalue weighted by atomic mass is 9.84. The van der Waals surface area contributed by atoms with Gasteiger partial charge in [0.25, 0.3) is 0 Å². The number of aromatic nitrogens is 2. The molecular formula is C26H36ClN7O3. The number of anilines is 4. The smallest absolute Gasteiger partial charge is 0.229 e. The summed E-state index contributed by atoms with van der Waals surface area (Å²) in [6.07, 6.45) is 4.73. The molecule has 0 saturated heterocycles. The molecule has 5 rings (SSSR count). The molecule has 4 atom stereocenters. The Morgan fingerprint density at radius 2 is 2.05 bits per heavy atom. The summed E-state index contributed by atoms with van der Waals surface area (Å²) < 4.78 is 11.0. The predicted octanol–water partition coefficient (Wildman–Crippen LogP) is 3.09. The second-order valence-electron chi connectivity index (χ2n) is 10.3. The number of hydrogen-bond acceptors (Lipinski definition) is 9. The zero-order valence-electron chi connectivity index (χ0n) is 21.7. The first kappa shape index (κ1) is 25.8. The highest BCUT2D eigenvalue weighted by molar-refractivity contribution is 6.32. The third kappa shape index (κ3) is 5.28. The molecule has 0 unspecified atom stereocenters. The summed E-state index contributed by atoms with van der Waals surface area (Å²) in [7, 11) is 5.48. The number of rotatable bonds is 9. The Hall–Kier alpha value is -2.82. The van der Waals surface area contributed by atoms with Gasteiger partial charge in [-0.1, -0.05) is 11.6 Å². The highest BCUT2D eigenvalue weighted by atomic mass is 35.5.